The van der Waals surface area contributed by atoms with E-state index in [1.807, 2.05) is 19.1 Å². The van der Waals surface area contributed by atoms with Gasteiger partial charge >= 0.3 is 0 Å². The first-order chi connectivity index (χ1) is 9.49. The fourth-order valence-corrected chi connectivity index (χ4v) is 2.88. The average molecular weight is 308 g/mol. The number of rotatable bonds is 4. The maximum absolute atomic E-state index is 12.1. The molecule has 20 heavy (non-hydrogen) atoms. The molecule has 0 bridgehead atoms. The highest BCUT2D eigenvalue weighted by molar-refractivity contribution is 7.77. The second kappa shape index (κ2) is 6.34. The summed E-state index contributed by atoms with van der Waals surface area (Å²) in [5.74, 6) is -0.0213. The van der Waals surface area contributed by atoms with Crippen molar-refractivity contribution in [2.75, 3.05) is 25.5 Å². The molecule has 0 saturated heterocycles. The molecule has 106 valence electrons. The van der Waals surface area contributed by atoms with Gasteiger partial charge in [-0.15, -0.1) is 0 Å². The maximum atomic E-state index is 12.1. The van der Waals surface area contributed by atoms with E-state index in [2.05, 4.69) is 22.8 Å². The summed E-state index contributed by atoms with van der Waals surface area (Å²) in [4.78, 5) is 22.3. The third-order valence-corrected chi connectivity index (χ3v) is 4.15. The fraction of sp³-hybridized carbons (Fsp3) is 0.308. The van der Waals surface area contributed by atoms with E-state index in [0.29, 0.717) is 0 Å². The summed E-state index contributed by atoms with van der Waals surface area (Å²) in [5.41, 5.74) is 1.80. The van der Waals surface area contributed by atoms with Gasteiger partial charge in [0.1, 0.15) is 10.0 Å². The molecule has 5 nitrogen and oxygen atoms in total. The first kappa shape index (κ1) is 15.0. The number of likely N-dealkylation sites (N-methyl/N-ethyl adjacent to an activating group) is 2. The van der Waals surface area contributed by atoms with Crippen LogP contribution >= 0.6 is 24.2 Å². The predicted octanol–water partition coefficient (Wildman–Crippen LogP) is 2.25. The lowest BCUT2D eigenvalue weighted by Gasteiger charge is -2.17. The van der Waals surface area contributed by atoms with Gasteiger partial charge in [0, 0.05) is 25.0 Å². The Kier molecular flexibility index (Phi) is 4.74. The minimum Gasteiger partial charge on any atom is -0.304 e. The highest BCUT2D eigenvalue weighted by Gasteiger charge is 2.18. The molecule has 0 spiro atoms. The number of thiazole rings is 1. The average Bonchev–Trinajstić information content (AvgIpc) is 2.80. The van der Waals surface area contributed by atoms with Crippen molar-refractivity contribution in [3.8, 4) is 10.6 Å². The van der Waals surface area contributed by atoms with E-state index in [1.165, 1.54) is 11.3 Å². The molecule has 0 aliphatic rings. The molecule has 2 aromatic rings. The van der Waals surface area contributed by atoms with Gasteiger partial charge in [-0.05, 0) is 26.1 Å². The number of pyridine rings is 1. The molecule has 0 aromatic carbocycles. The maximum Gasteiger partial charge on any atom is 0.242 e. The molecule has 0 unspecified atom stereocenters. The monoisotopic (exact) mass is 308 g/mol. The fourth-order valence-electron chi connectivity index (χ4n) is 1.73. The van der Waals surface area contributed by atoms with Crippen LogP contribution in [0.25, 0.3) is 10.6 Å². The SMILES string of the molecule is Cc1nc(-c2cccnc2)sc1N(C)C(=O)CN(C)S. The van der Waals surface area contributed by atoms with Gasteiger partial charge < -0.3 is 4.90 Å². The van der Waals surface area contributed by atoms with Gasteiger partial charge in [-0.1, -0.05) is 24.2 Å². The van der Waals surface area contributed by atoms with E-state index in [9.17, 15) is 4.79 Å². The molecule has 2 rings (SSSR count). The van der Waals surface area contributed by atoms with Crippen LogP contribution in [0.4, 0.5) is 5.00 Å². The van der Waals surface area contributed by atoms with Gasteiger partial charge in [-0.2, -0.15) is 0 Å². The Morgan fingerprint density at radius 3 is 2.80 bits per heavy atom. The molecule has 0 aliphatic heterocycles. The lowest BCUT2D eigenvalue weighted by atomic mass is 10.3. The molecule has 7 heteroatoms. The minimum absolute atomic E-state index is 0.0213. The van der Waals surface area contributed by atoms with Crippen LogP contribution in [0.1, 0.15) is 5.69 Å². The molecule has 0 saturated carbocycles. The summed E-state index contributed by atoms with van der Waals surface area (Å²) in [6, 6.07) is 3.83. The summed E-state index contributed by atoms with van der Waals surface area (Å²) in [5, 5.41) is 1.72. The first-order valence-corrected chi connectivity index (χ1v) is 7.25. The summed E-state index contributed by atoms with van der Waals surface area (Å²) in [6.45, 7) is 2.15. The molecule has 2 aromatic heterocycles. The minimum atomic E-state index is -0.0213. The zero-order valence-corrected chi connectivity index (χ0v) is 13.3. The van der Waals surface area contributed by atoms with Gasteiger partial charge in [0.15, 0.2) is 0 Å². The number of aromatic nitrogens is 2. The smallest absolute Gasteiger partial charge is 0.242 e. The van der Waals surface area contributed by atoms with Crippen molar-refractivity contribution >= 4 is 35.1 Å². The zero-order chi connectivity index (χ0) is 14.7. The van der Waals surface area contributed by atoms with Crippen molar-refractivity contribution in [2.24, 2.45) is 0 Å². The highest BCUT2D eigenvalue weighted by atomic mass is 32.1. The third kappa shape index (κ3) is 3.36. The van der Waals surface area contributed by atoms with E-state index < -0.39 is 0 Å². The second-order valence-corrected chi connectivity index (χ2v) is 6.08. The summed E-state index contributed by atoms with van der Waals surface area (Å²) < 4.78 is 1.55. The summed E-state index contributed by atoms with van der Waals surface area (Å²) >= 11 is 5.58. The van der Waals surface area contributed by atoms with Crippen molar-refractivity contribution in [2.45, 2.75) is 6.92 Å². The van der Waals surface area contributed by atoms with Crippen LogP contribution in [0.3, 0.4) is 0 Å². The normalized spacial score (nSPS) is 10.8. The summed E-state index contributed by atoms with van der Waals surface area (Å²) in [7, 11) is 3.50. The number of hydrogen-bond donors (Lipinski definition) is 1. The molecular formula is C13H16N4OS2. The van der Waals surface area contributed by atoms with Crippen LogP contribution < -0.4 is 4.90 Å². The van der Waals surface area contributed by atoms with Gasteiger partial charge in [0.05, 0.1) is 12.2 Å². The van der Waals surface area contributed by atoms with Crippen LogP contribution in [0.15, 0.2) is 24.5 Å². The summed E-state index contributed by atoms with van der Waals surface area (Å²) in [6.07, 6.45) is 3.49. The largest absolute Gasteiger partial charge is 0.304 e. The number of hydrogen-bond acceptors (Lipinski definition) is 6. The van der Waals surface area contributed by atoms with Crippen LogP contribution in [-0.4, -0.2) is 40.8 Å². The van der Waals surface area contributed by atoms with E-state index in [0.717, 1.165) is 21.3 Å². The van der Waals surface area contributed by atoms with E-state index in [4.69, 9.17) is 0 Å². The van der Waals surface area contributed by atoms with Crippen LogP contribution in [0.5, 0.6) is 0 Å². The number of amides is 1. The molecule has 1 amide bonds. The number of carbonyl (C=O) groups is 1. The van der Waals surface area contributed by atoms with Crippen LogP contribution in [0.2, 0.25) is 0 Å². The van der Waals surface area contributed by atoms with Gasteiger partial charge in [-0.3, -0.25) is 9.78 Å². The number of nitrogens with zero attached hydrogens (tertiary/aromatic N) is 4. The Bertz CT molecular complexity index is 598. The lowest BCUT2D eigenvalue weighted by Crippen LogP contribution is -2.33. The second-order valence-electron chi connectivity index (χ2n) is 4.42. The molecule has 0 N–H and O–H groups in total. The number of carbonyl (C=O) groups excluding carboxylic acids is 1. The Balaban J connectivity index is 2.26. The van der Waals surface area contributed by atoms with Crippen molar-refractivity contribution in [1.29, 1.82) is 0 Å². The zero-order valence-electron chi connectivity index (χ0n) is 11.6. The van der Waals surface area contributed by atoms with E-state index in [-0.39, 0.29) is 12.5 Å². The topological polar surface area (TPSA) is 49.3 Å². The van der Waals surface area contributed by atoms with Crippen molar-refractivity contribution in [1.82, 2.24) is 14.3 Å². The Morgan fingerprint density at radius 2 is 2.20 bits per heavy atom. The number of thiol groups is 1. The lowest BCUT2D eigenvalue weighted by molar-refractivity contribution is -0.118. The van der Waals surface area contributed by atoms with Crippen LogP contribution in [-0.2, 0) is 4.79 Å². The molecule has 0 radical (unpaired) electrons. The van der Waals surface area contributed by atoms with Crippen molar-refractivity contribution in [3.05, 3.63) is 30.2 Å². The predicted molar refractivity (Wildman–Crippen MR) is 85.1 cm³/mol. The van der Waals surface area contributed by atoms with E-state index >= 15 is 0 Å². The molecular weight excluding hydrogens is 292 g/mol. The quantitative estimate of drug-likeness (QED) is 0.880. The van der Waals surface area contributed by atoms with Gasteiger partial charge in [0.25, 0.3) is 0 Å². The van der Waals surface area contributed by atoms with Crippen molar-refractivity contribution < 1.29 is 4.79 Å². The standard InChI is InChI=1S/C13H16N4OS2/c1-9-13(17(3)11(18)8-16(2)19)20-12(15-9)10-5-4-6-14-7-10/h4-7,19H,8H2,1-3H3. The molecule has 0 fully saturated rings. The number of anilines is 1. The Labute approximate surface area is 127 Å². The van der Waals surface area contributed by atoms with Crippen LogP contribution in [0, 0.1) is 6.92 Å². The highest BCUT2D eigenvalue weighted by Crippen LogP contribution is 2.33. The Morgan fingerprint density at radius 1 is 1.45 bits per heavy atom. The number of aryl methyl sites for hydroxylation is 1. The molecule has 0 atom stereocenters. The van der Waals surface area contributed by atoms with Crippen molar-refractivity contribution in [3.63, 3.8) is 0 Å². The van der Waals surface area contributed by atoms with Gasteiger partial charge in [0.2, 0.25) is 5.91 Å². The van der Waals surface area contributed by atoms with Gasteiger partial charge in [-0.25, -0.2) is 9.29 Å². The molecule has 0 aliphatic carbocycles. The Hall–Kier alpha value is -1.44. The third-order valence-electron chi connectivity index (χ3n) is 2.72. The van der Waals surface area contributed by atoms with E-state index in [1.54, 1.807) is 35.7 Å². The molecule has 2 heterocycles. The first-order valence-electron chi connectivity index (χ1n) is 6.03.